The Bertz CT molecular complexity index is 1050. The Morgan fingerprint density at radius 2 is 1.85 bits per heavy atom. The fraction of sp³-hybridized carbons (Fsp3) is 0.412. The van der Waals surface area contributed by atoms with Crippen LogP contribution in [0.5, 0.6) is 0 Å². The lowest BCUT2D eigenvalue weighted by molar-refractivity contribution is 0.444. The highest BCUT2D eigenvalue weighted by molar-refractivity contribution is 7.89. The van der Waals surface area contributed by atoms with Crippen LogP contribution >= 0.6 is 11.6 Å². The van der Waals surface area contributed by atoms with Crippen molar-refractivity contribution in [2.45, 2.75) is 39.1 Å². The fourth-order valence-corrected chi connectivity index (χ4v) is 5.15. The second kappa shape index (κ2) is 7.02. The molecule has 0 unspecified atom stereocenters. The van der Waals surface area contributed by atoms with Crippen LogP contribution < -0.4 is 0 Å². The van der Waals surface area contributed by atoms with E-state index < -0.39 is 10.0 Å². The minimum absolute atomic E-state index is 0.285. The summed E-state index contributed by atoms with van der Waals surface area (Å²) in [7, 11) is -3.56. The average molecular weight is 396 g/mol. The molecule has 3 heterocycles. The summed E-state index contributed by atoms with van der Waals surface area (Å²) in [5.74, 6) is 0. The smallest absolute Gasteiger partial charge is 0.246 e. The van der Waals surface area contributed by atoms with E-state index in [4.69, 9.17) is 11.6 Å². The van der Waals surface area contributed by atoms with Gasteiger partial charge in [0.25, 0.3) is 0 Å². The van der Waals surface area contributed by atoms with E-state index in [0.717, 1.165) is 11.3 Å². The van der Waals surface area contributed by atoms with Gasteiger partial charge in [0.2, 0.25) is 10.0 Å². The van der Waals surface area contributed by atoms with E-state index in [2.05, 4.69) is 10.1 Å². The van der Waals surface area contributed by atoms with Crippen LogP contribution in [0.4, 0.5) is 0 Å². The van der Waals surface area contributed by atoms with Gasteiger partial charge in [0, 0.05) is 25.5 Å². The molecule has 0 N–H and O–H groups in total. The number of hydrogen-bond acceptors (Lipinski definition) is 4. The van der Waals surface area contributed by atoms with Gasteiger partial charge in [-0.1, -0.05) is 25.4 Å². The van der Waals surface area contributed by atoms with Crippen LogP contribution in [0.3, 0.4) is 0 Å². The van der Waals surface area contributed by atoms with Crippen LogP contribution in [0, 0.1) is 13.8 Å². The van der Waals surface area contributed by atoms with Crippen molar-refractivity contribution >= 4 is 27.3 Å². The first-order valence-electron chi connectivity index (χ1n) is 8.45. The molecule has 26 heavy (non-hydrogen) atoms. The van der Waals surface area contributed by atoms with Crippen molar-refractivity contribution in [1.82, 2.24) is 23.5 Å². The standard InChI is InChI=1S/C17H22ClN5O2S/c1-5-22(6-2)26(24,25)17-12(3)20-23(13(17)4)11-15-10-21-9-14(18)7-8-16(21)19-15/h7-10H,5-6,11H2,1-4H3. The van der Waals surface area contributed by atoms with Crippen molar-refractivity contribution in [1.29, 1.82) is 0 Å². The molecule has 0 aliphatic carbocycles. The molecule has 3 rings (SSSR count). The summed E-state index contributed by atoms with van der Waals surface area (Å²) in [5.41, 5.74) is 2.68. The normalized spacial score (nSPS) is 12.4. The van der Waals surface area contributed by atoms with E-state index in [1.807, 2.05) is 30.5 Å². The van der Waals surface area contributed by atoms with Crippen molar-refractivity contribution in [3.8, 4) is 0 Å². The number of aryl methyl sites for hydroxylation is 1. The predicted molar refractivity (Wildman–Crippen MR) is 101 cm³/mol. The summed E-state index contributed by atoms with van der Waals surface area (Å²) in [6, 6.07) is 3.62. The number of nitrogens with zero attached hydrogens (tertiary/aromatic N) is 5. The average Bonchev–Trinajstić information content (AvgIpc) is 3.08. The van der Waals surface area contributed by atoms with Crippen molar-refractivity contribution in [3.63, 3.8) is 0 Å². The molecule has 0 spiro atoms. The highest BCUT2D eigenvalue weighted by atomic mass is 35.5. The van der Waals surface area contributed by atoms with Crippen molar-refractivity contribution < 1.29 is 8.42 Å². The first kappa shape index (κ1) is 18.9. The predicted octanol–water partition coefficient (Wildman–Crippen LogP) is 2.88. The number of aromatic nitrogens is 4. The molecule has 0 amide bonds. The third kappa shape index (κ3) is 3.24. The Morgan fingerprint density at radius 1 is 1.15 bits per heavy atom. The van der Waals surface area contributed by atoms with Crippen LogP contribution in [-0.2, 0) is 16.6 Å². The van der Waals surface area contributed by atoms with E-state index in [-0.39, 0.29) is 4.90 Å². The third-order valence-electron chi connectivity index (χ3n) is 4.39. The minimum Gasteiger partial charge on any atom is -0.305 e. The van der Waals surface area contributed by atoms with E-state index in [1.54, 1.807) is 30.8 Å². The van der Waals surface area contributed by atoms with Crippen LogP contribution in [0.15, 0.2) is 29.4 Å². The fourth-order valence-electron chi connectivity index (χ4n) is 3.15. The van der Waals surface area contributed by atoms with E-state index in [1.165, 1.54) is 4.31 Å². The van der Waals surface area contributed by atoms with Crippen LogP contribution in [0.1, 0.15) is 30.9 Å². The lowest BCUT2D eigenvalue weighted by Crippen LogP contribution is -2.31. The number of fused-ring (bicyclic) bond motifs is 1. The van der Waals surface area contributed by atoms with Gasteiger partial charge in [0.1, 0.15) is 10.5 Å². The Labute approximate surface area is 158 Å². The van der Waals surface area contributed by atoms with Crippen molar-refractivity contribution in [3.05, 3.63) is 46.6 Å². The van der Waals surface area contributed by atoms with E-state index in [0.29, 0.717) is 36.0 Å². The second-order valence-corrected chi connectivity index (χ2v) is 8.40. The summed E-state index contributed by atoms with van der Waals surface area (Å²) in [5, 5.41) is 5.07. The Morgan fingerprint density at radius 3 is 2.50 bits per heavy atom. The Balaban J connectivity index is 1.99. The molecule has 0 saturated heterocycles. The van der Waals surface area contributed by atoms with Gasteiger partial charge in [-0.05, 0) is 26.0 Å². The van der Waals surface area contributed by atoms with Gasteiger partial charge in [0.05, 0.1) is 28.6 Å². The second-order valence-electron chi connectivity index (χ2n) is 6.09. The van der Waals surface area contributed by atoms with Gasteiger partial charge in [-0.3, -0.25) is 4.68 Å². The molecule has 7 nitrogen and oxygen atoms in total. The summed E-state index contributed by atoms with van der Waals surface area (Å²) in [4.78, 5) is 4.83. The van der Waals surface area contributed by atoms with E-state index >= 15 is 0 Å². The molecule has 140 valence electrons. The minimum atomic E-state index is -3.56. The quantitative estimate of drug-likeness (QED) is 0.643. The summed E-state index contributed by atoms with van der Waals surface area (Å²) in [6.07, 6.45) is 3.65. The number of sulfonamides is 1. The molecular formula is C17H22ClN5O2S. The molecule has 9 heteroatoms. The molecule has 0 atom stereocenters. The first-order chi connectivity index (χ1) is 12.3. The Kier molecular flexibility index (Phi) is 5.09. The summed E-state index contributed by atoms with van der Waals surface area (Å²) >= 11 is 6.01. The highest BCUT2D eigenvalue weighted by Gasteiger charge is 2.29. The van der Waals surface area contributed by atoms with Crippen LogP contribution in [-0.4, -0.2) is 45.0 Å². The van der Waals surface area contributed by atoms with Gasteiger partial charge in [-0.2, -0.15) is 9.40 Å². The molecule has 0 aliphatic rings. The zero-order chi connectivity index (χ0) is 19.1. The largest absolute Gasteiger partial charge is 0.305 e. The molecule has 3 aromatic heterocycles. The lowest BCUT2D eigenvalue weighted by atomic mass is 10.4. The monoisotopic (exact) mass is 395 g/mol. The molecule has 0 aliphatic heterocycles. The molecule has 3 aromatic rings. The number of rotatable bonds is 6. The number of pyridine rings is 1. The first-order valence-corrected chi connectivity index (χ1v) is 10.3. The molecular weight excluding hydrogens is 374 g/mol. The van der Waals surface area contributed by atoms with Crippen LogP contribution in [0.2, 0.25) is 5.02 Å². The highest BCUT2D eigenvalue weighted by Crippen LogP contribution is 2.24. The zero-order valence-corrected chi connectivity index (χ0v) is 16.8. The van der Waals surface area contributed by atoms with Gasteiger partial charge in [-0.15, -0.1) is 0 Å². The molecule has 0 aromatic carbocycles. The van der Waals surface area contributed by atoms with Crippen molar-refractivity contribution in [2.24, 2.45) is 0 Å². The molecule has 0 fully saturated rings. The van der Waals surface area contributed by atoms with Crippen molar-refractivity contribution in [2.75, 3.05) is 13.1 Å². The van der Waals surface area contributed by atoms with Gasteiger partial charge in [-0.25, -0.2) is 13.4 Å². The maximum Gasteiger partial charge on any atom is 0.246 e. The molecule has 0 saturated carbocycles. The molecule has 0 bridgehead atoms. The lowest BCUT2D eigenvalue weighted by Gasteiger charge is -2.18. The summed E-state index contributed by atoms with van der Waals surface area (Å²) in [6.45, 7) is 8.41. The number of imidazole rings is 1. The summed E-state index contributed by atoms with van der Waals surface area (Å²) < 4.78 is 30.8. The van der Waals surface area contributed by atoms with Gasteiger partial charge >= 0.3 is 0 Å². The SMILES string of the molecule is CCN(CC)S(=O)(=O)c1c(C)nn(Cc2cn3cc(Cl)ccc3n2)c1C. The van der Waals surface area contributed by atoms with Gasteiger partial charge < -0.3 is 4.40 Å². The maximum atomic E-state index is 12.9. The number of halogens is 1. The third-order valence-corrected chi connectivity index (χ3v) is 6.92. The number of hydrogen-bond donors (Lipinski definition) is 0. The molecule has 0 radical (unpaired) electrons. The van der Waals surface area contributed by atoms with Gasteiger partial charge in [0.15, 0.2) is 0 Å². The topological polar surface area (TPSA) is 72.5 Å². The Hall–Kier alpha value is -1.90. The van der Waals surface area contributed by atoms with Crippen LogP contribution in [0.25, 0.3) is 5.65 Å². The zero-order valence-electron chi connectivity index (χ0n) is 15.3. The maximum absolute atomic E-state index is 12.9. The van der Waals surface area contributed by atoms with E-state index in [9.17, 15) is 8.42 Å².